The molecule has 2 atom stereocenters. The van der Waals surface area contributed by atoms with Crippen molar-refractivity contribution in [1.29, 1.82) is 0 Å². The minimum absolute atomic E-state index is 0.00922. The van der Waals surface area contributed by atoms with E-state index in [-0.39, 0.29) is 24.3 Å². The van der Waals surface area contributed by atoms with Gasteiger partial charge in [-0.1, -0.05) is 30.7 Å². The molecule has 0 bridgehead atoms. The van der Waals surface area contributed by atoms with Crippen molar-refractivity contribution in [3.8, 4) is 0 Å². The van der Waals surface area contributed by atoms with Crippen LogP contribution in [-0.4, -0.2) is 25.2 Å². The third-order valence-electron chi connectivity index (χ3n) is 4.32. The van der Waals surface area contributed by atoms with Crippen LogP contribution in [0.2, 0.25) is 0 Å². The summed E-state index contributed by atoms with van der Waals surface area (Å²) in [5, 5.41) is 2.91. The van der Waals surface area contributed by atoms with Gasteiger partial charge in [-0.15, -0.1) is 0 Å². The molecule has 1 aliphatic rings. The quantitative estimate of drug-likeness (QED) is 0.799. The zero-order valence-corrected chi connectivity index (χ0v) is 13.4. The van der Waals surface area contributed by atoms with E-state index >= 15 is 0 Å². The first-order valence-electron chi connectivity index (χ1n) is 8.09. The molecular weight excluding hydrogens is 321 g/mol. The molecule has 0 spiro atoms. The topological polar surface area (TPSA) is 64.4 Å². The average molecular weight is 344 g/mol. The predicted octanol–water partition coefficient (Wildman–Crippen LogP) is 2.76. The largest absolute Gasteiger partial charge is 0.411 e. The van der Waals surface area contributed by atoms with Crippen molar-refractivity contribution in [1.82, 2.24) is 5.32 Å². The van der Waals surface area contributed by atoms with Gasteiger partial charge in [0, 0.05) is 12.5 Å². The molecule has 3 N–H and O–H groups in total. The molecule has 0 heterocycles. The lowest BCUT2D eigenvalue weighted by Gasteiger charge is -2.17. The highest BCUT2D eigenvalue weighted by molar-refractivity contribution is 5.79. The number of hydrogen-bond donors (Lipinski definition) is 2. The number of rotatable bonds is 7. The van der Waals surface area contributed by atoms with Crippen molar-refractivity contribution in [2.75, 3.05) is 13.2 Å². The summed E-state index contributed by atoms with van der Waals surface area (Å²) in [6.45, 7) is -0.415. The molecule has 24 heavy (non-hydrogen) atoms. The monoisotopic (exact) mass is 344 g/mol. The van der Waals surface area contributed by atoms with E-state index < -0.39 is 12.8 Å². The summed E-state index contributed by atoms with van der Waals surface area (Å²) in [5.74, 6) is 0.281. The van der Waals surface area contributed by atoms with Gasteiger partial charge in [-0.05, 0) is 36.4 Å². The van der Waals surface area contributed by atoms with Gasteiger partial charge >= 0.3 is 6.18 Å². The van der Waals surface area contributed by atoms with E-state index in [0.717, 1.165) is 24.8 Å². The number of alkyl halides is 3. The Kier molecular flexibility index (Phi) is 6.62. The second kappa shape index (κ2) is 8.48. The number of halogens is 3. The molecule has 0 aliphatic heterocycles. The third-order valence-corrected chi connectivity index (χ3v) is 4.32. The van der Waals surface area contributed by atoms with Gasteiger partial charge in [0.05, 0.1) is 6.61 Å². The Hall–Kier alpha value is -1.60. The molecule has 1 aliphatic carbocycles. The number of benzene rings is 1. The maximum Gasteiger partial charge on any atom is 0.411 e. The van der Waals surface area contributed by atoms with Gasteiger partial charge in [0.25, 0.3) is 0 Å². The SMILES string of the molecule is NC[C@H]1CCC[C@H]1C(=O)NCc1ccc(COCC(F)(F)F)cc1. The predicted molar refractivity (Wildman–Crippen MR) is 83.9 cm³/mol. The molecule has 1 amide bonds. The van der Waals surface area contributed by atoms with Crippen LogP contribution in [0.1, 0.15) is 30.4 Å². The number of nitrogens with one attached hydrogen (secondary N) is 1. The molecule has 0 unspecified atom stereocenters. The summed E-state index contributed by atoms with van der Waals surface area (Å²) >= 11 is 0. The number of ether oxygens (including phenoxy) is 1. The van der Waals surface area contributed by atoms with Gasteiger partial charge in [-0.2, -0.15) is 13.2 Å². The lowest BCUT2D eigenvalue weighted by molar-refractivity contribution is -0.176. The second-order valence-corrected chi connectivity index (χ2v) is 6.18. The van der Waals surface area contributed by atoms with Crippen molar-refractivity contribution < 1.29 is 22.7 Å². The van der Waals surface area contributed by atoms with Crippen molar-refractivity contribution in [2.45, 2.75) is 38.6 Å². The standard InChI is InChI=1S/C17H23F3N2O2/c18-17(19,20)11-24-10-13-6-4-12(5-7-13)9-22-16(23)15-3-1-2-14(15)8-21/h4-7,14-15H,1-3,8-11,21H2,(H,22,23)/t14-,15-/m1/s1. The van der Waals surface area contributed by atoms with Gasteiger partial charge in [-0.25, -0.2) is 0 Å². The fraction of sp³-hybridized carbons (Fsp3) is 0.588. The molecule has 0 aromatic heterocycles. The molecular formula is C17H23F3N2O2. The number of carbonyl (C=O) groups excluding carboxylic acids is 1. The van der Waals surface area contributed by atoms with Crippen LogP contribution in [0.3, 0.4) is 0 Å². The van der Waals surface area contributed by atoms with E-state index in [1.165, 1.54) is 0 Å². The maximum atomic E-state index is 12.2. The fourth-order valence-electron chi connectivity index (χ4n) is 3.02. The van der Waals surface area contributed by atoms with Crippen molar-refractivity contribution in [3.63, 3.8) is 0 Å². The Morgan fingerprint density at radius 2 is 1.88 bits per heavy atom. The van der Waals surface area contributed by atoms with Gasteiger partial charge in [0.15, 0.2) is 0 Å². The van der Waals surface area contributed by atoms with Gasteiger partial charge in [-0.3, -0.25) is 4.79 Å². The van der Waals surface area contributed by atoms with Crippen LogP contribution in [0.25, 0.3) is 0 Å². The summed E-state index contributed by atoms with van der Waals surface area (Å²) in [4.78, 5) is 12.2. The van der Waals surface area contributed by atoms with Crippen LogP contribution in [-0.2, 0) is 22.7 Å². The van der Waals surface area contributed by atoms with Crippen LogP contribution in [0.4, 0.5) is 13.2 Å². The molecule has 1 aromatic carbocycles. The Balaban J connectivity index is 1.76. The normalized spacial score (nSPS) is 21.0. The smallest absolute Gasteiger partial charge is 0.367 e. The number of hydrogen-bond acceptors (Lipinski definition) is 3. The minimum atomic E-state index is -4.31. The Labute approximate surface area is 139 Å². The number of amides is 1. The first-order valence-corrected chi connectivity index (χ1v) is 8.09. The van der Waals surface area contributed by atoms with Gasteiger partial charge in [0.1, 0.15) is 6.61 Å². The summed E-state index contributed by atoms with van der Waals surface area (Å²) in [5.41, 5.74) is 7.24. The highest BCUT2D eigenvalue weighted by Crippen LogP contribution is 2.31. The number of nitrogens with two attached hydrogens (primary N) is 1. The van der Waals surface area contributed by atoms with E-state index in [2.05, 4.69) is 10.1 Å². The average Bonchev–Trinajstić information content (AvgIpc) is 3.01. The first-order chi connectivity index (χ1) is 11.4. The molecule has 0 radical (unpaired) electrons. The minimum Gasteiger partial charge on any atom is -0.367 e. The summed E-state index contributed by atoms with van der Waals surface area (Å²) in [7, 11) is 0. The molecule has 4 nitrogen and oxygen atoms in total. The summed E-state index contributed by atoms with van der Waals surface area (Å²) in [6.07, 6.45) is -1.40. The van der Waals surface area contributed by atoms with Crippen LogP contribution in [0, 0.1) is 11.8 Å². The first kappa shape index (κ1) is 18.7. The summed E-state index contributed by atoms with van der Waals surface area (Å²) < 4.78 is 40.6. The molecule has 1 fully saturated rings. The van der Waals surface area contributed by atoms with Crippen LogP contribution in [0.5, 0.6) is 0 Å². The third kappa shape index (κ3) is 5.79. The van der Waals surface area contributed by atoms with Crippen molar-refractivity contribution >= 4 is 5.91 Å². The second-order valence-electron chi connectivity index (χ2n) is 6.18. The van der Waals surface area contributed by atoms with E-state index in [0.29, 0.717) is 18.7 Å². The lowest BCUT2D eigenvalue weighted by atomic mass is 9.95. The van der Waals surface area contributed by atoms with Crippen LogP contribution in [0.15, 0.2) is 24.3 Å². The highest BCUT2D eigenvalue weighted by Gasteiger charge is 2.31. The lowest BCUT2D eigenvalue weighted by Crippen LogP contribution is -2.34. The molecule has 1 aromatic rings. The van der Waals surface area contributed by atoms with E-state index in [1.54, 1.807) is 24.3 Å². The van der Waals surface area contributed by atoms with E-state index in [1.807, 2.05) is 0 Å². The number of carbonyl (C=O) groups is 1. The molecule has 7 heteroatoms. The van der Waals surface area contributed by atoms with Gasteiger partial charge < -0.3 is 15.8 Å². The van der Waals surface area contributed by atoms with Gasteiger partial charge in [0.2, 0.25) is 5.91 Å². The zero-order valence-electron chi connectivity index (χ0n) is 13.4. The van der Waals surface area contributed by atoms with Crippen molar-refractivity contribution in [3.05, 3.63) is 35.4 Å². The maximum absolute atomic E-state index is 12.2. The van der Waals surface area contributed by atoms with Crippen LogP contribution < -0.4 is 11.1 Å². The highest BCUT2D eigenvalue weighted by atomic mass is 19.4. The Morgan fingerprint density at radius 3 is 2.50 bits per heavy atom. The van der Waals surface area contributed by atoms with E-state index in [9.17, 15) is 18.0 Å². The molecule has 2 rings (SSSR count). The Morgan fingerprint density at radius 1 is 1.21 bits per heavy atom. The van der Waals surface area contributed by atoms with E-state index in [4.69, 9.17) is 5.73 Å². The van der Waals surface area contributed by atoms with Crippen LogP contribution >= 0.6 is 0 Å². The van der Waals surface area contributed by atoms with Crippen molar-refractivity contribution in [2.24, 2.45) is 17.6 Å². The fourth-order valence-corrected chi connectivity index (χ4v) is 3.02. The molecule has 1 saturated carbocycles. The molecule has 134 valence electrons. The zero-order chi connectivity index (χ0) is 17.6. The summed E-state index contributed by atoms with van der Waals surface area (Å²) in [6, 6.07) is 6.97. The molecule has 0 saturated heterocycles. The Bertz CT molecular complexity index is 532.